The van der Waals surface area contributed by atoms with E-state index in [1.165, 1.54) is 0 Å². The van der Waals surface area contributed by atoms with Crippen LogP contribution in [0.4, 0.5) is 0 Å². The van der Waals surface area contributed by atoms with E-state index in [1.807, 2.05) is 0 Å². The maximum atomic E-state index is 10.9. The van der Waals surface area contributed by atoms with Gasteiger partial charge in [-0.3, -0.25) is 0 Å². The number of rotatable bonds is 16. The summed E-state index contributed by atoms with van der Waals surface area (Å²) in [5.74, 6) is -0.937. The minimum Gasteiger partial charge on any atom is -0.487 e. The number of carboxylic acid groups (broad SMARTS) is 1. The number of ether oxygens (including phenoxy) is 1. The third-order valence-corrected chi connectivity index (χ3v) is 3.57. The summed E-state index contributed by atoms with van der Waals surface area (Å²) in [4.78, 5) is 10.9. The van der Waals surface area contributed by atoms with Gasteiger partial charge in [-0.25, -0.2) is 4.79 Å². The van der Waals surface area contributed by atoms with Gasteiger partial charge in [0.2, 0.25) is 0 Å². The molecule has 0 heterocycles. The molecule has 0 fully saturated rings. The summed E-state index contributed by atoms with van der Waals surface area (Å²) < 4.78 is 5.06. The van der Waals surface area contributed by atoms with Crippen molar-refractivity contribution in [2.45, 2.75) is 65.2 Å². The molecule has 0 atom stereocenters. The fraction of sp³-hybridized carbons (Fsp3) is 0.458. The standard InChI is InChI=1S/C24H36O3/c1-3-5-6-7-8-9-10-11-12-13-14-15-16-17-18-19-20-21-22-23(24(25)26)27-4-2/h5-6,8-9,11-12,14-15,17-18,22H,3-4,7,10,13,16,19-21H2,1-2H3,(H,25,26)/b6-5+,9-8+,12-11+,15-14+,18-17+,23-22-. The van der Waals surface area contributed by atoms with Crippen LogP contribution in [0.25, 0.3) is 0 Å². The van der Waals surface area contributed by atoms with Crippen LogP contribution in [0.2, 0.25) is 0 Å². The van der Waals surface area contributed by atoms with E-state index in [4.69, 9.17) is 9.84 Å². The lowest BCUT2D eigenvalue weighted by Crippen LogP contribution is -2.04. The zero-order chi connectivity index (χ0) is 20.0. The fourth-order valence-corrected chi connectivity index (χ4v) is 2.20. The van der Waals surface area contributed by atoms with Gasteiger partial charge in [-0.05, 0) is 64.4 Å². The molecule has 0 unspecified atom stereocenters. The van der Waals surface area contributed by atoms with Crippen molar-refractivity contribution in [1.82, 2.24) is 0 Å². The highest BCUT2D eigenvalue weighted by atomic mass is 16.5. The van der Waals surface area contributed by atoms with Crippen LogP contribution in [0.5, 0.6) is 0 Å². The molecule has 0 rings (SSSR count). The second kappa shape index (κ2) is 20.0. The van der Waals surface area contributed by atoms with Gasteiger partial charge in [0.25, 0.3) is 0 Å². The number of aliphatic carboxylic acids is 1. The van der Waals surface area contributed by atoms with E-state index in [-0.39, 0.29) is 5.76 Å². The Morgan fingerprint density at radius 1 is 0.741 bits per heavy atom. The summed E-state index contributed by atoms with van der Waals surface area (Å²) in [7, 11) is 0. The van der Waals surface area contributed by atoms with Gasteiger partial charge in [0, 0.05) is 0 Å². The third kappa shape index (κ3) is 18.3. The smallest absolute Gasteiger partial charge is 0.370 e. The minimum absolute atomic E-state index is 0.0567. The maximum absolute atomic E-state index is 10.9. The van der Waals surface area contributed by atoms with E-state index in [1.54, 1.807) is 13.0 Å². The number of unbranched alkanes of at least 4 members (excludes halogenated alkanes) is 2. The Hall–Kier alpha value is -2.29. The number of allylic oxidation sites excluding steroid dienone is 11. The highest BCUT2D eigenvalue weighted by Crippen LogP contribution is 2.05. The summed E-state index contributed by atoms with van der Waals surface area (Å²) in [5, 5.41) is 8.92. The quantitative estimate of drug-likeness (QED) is 0.138. The van der Waals surface area contributed by atoms with Gasteiger partial charge in [0.05, 0.1) is 6.61 Å². The minimum atomic E-state index is -0.994. The Kier molecular flexibility index (Phi) is 18.3. The molecule has 27 heavy (non-hydrogen) atoms. The number of hydrogen-bond acceptors (Lipinski definition) is 2. The molecule has 150 valence electrons. The first-order valence-electron chi connectivity index (χ1n) is 10.0. The summed E-state index contributed by atoms with van der Waals surface area (Å²) in [6.45, 7) is 4.31. The topological polar surface area (TPSA) is 46.5 Å². The molecular formula is C24H36O3. The molecule has 0 aromatic carbocycles. The van der Waals surface area contributed by atoms with E-state index in [0.717, 1.165) is 51.4 Å². The predicted octanol–water partition coefficient (Wildman–Crippen LogP) is 6.91. The average molecular weight is 373 g/mol. The van der Waals surface area contributed by atoms with Gasteiger partial charge in [0.15, 0.2) is 5.76 Å². The van der Waals surface area contributed by atoms with Crippen molar-refractivity contribution in [3.63, 3.8) is 0 Å². The molecule has 0 spiro atoms. The molecule has 0 aliphatic carbocycles. The average Bonchev–Trinajstić information content (AvgIpc) is 2.66. The Balaban J connectivity index is 3.68. The van der Waals surface area contributed by atoms with Crippen molar-refractivity contribution in [1.29, 1.82) is 0 Å². The van der Waals surface area contributed by atoms with Gasteiger partial charge < -0.3 is 9.84 Å². The molecule has 1 N–H and O–H groups in total. The van der Waals surface area contributed by atoms with Crippen molar-refractivity contribution >= 4 is 5.97 Å². The SMILES string of the molecule is CC/C=C/C/C=C/C/C=C/C/C=C/C/C=C/CCC/C=C(\OCC)C(=O)O. The third-order valence-electron chi connectivity index (χ3n) is 3.57. The first-order chi connectivity index (χ1) is 13.2. The van der Waals surface area contributed by atoms with E-state index in [2.05, 4.69) is 67.7 Å². The van der Waals surface area contributed by atoms with Crippen LogP contribution in [-0.4, -0.2) is 17.7 Å². The lowest BCUT2D eigenvalue weighted by Gasteiger charge is -2.02. The number of hydrogen-bond donors (Lipinski definition) is 1. The summed E-state index contributed by atoms with van der Waals surface area (Å²) in [5.41, 5.74) is 0. The fourth-order valence-electron chi connectivity index (χ4n) is 2.20. The van der Waals surface area contributed by atoms with Crippen LogP contribution >= 0.6 is 0 Å². The van der Waals surface area contributed by atoms with Crippen molar-refractivity contribution in [3.05, 3.63) is 72.6 Å². The molecule has 0 aliphatic rings. The molecule has 3 nitrogen and oxygen atoms in total. The van der Waals surface area contributed by atoms with Gasteiger partial charge in [-0.1, -0.05) is 67.7 Å². The molecule has 0 saturated heterocycles. The first-order valence-corrected chi connectivity index (χ1v) is 10.0. The molecule has 0 saturated carbocycles. The first kappa shape index (κ1) is 24.7. The molecule has 3 heteroatoms. The molecule has 0 amide bonds. The molecule has 0 radical (unpaired) electrons. The molecular weight excluding hydrogens is 336 g/mol. The second-order valence-electron chi connectivity index (χ2n) is 5.95. The monoisotopic (exact) mass is 372 g/mol. The highest BCUT2D eigenvalue weighted by molar-refractivity contribution is 5.84. The molecule has 0 aromatic rings. The Labute approximate surface area is 165 Å². The predicted molar refractivity (Wildman–Crippen MR) is 116 cm³/mol. The van der Waals surface area contributed by atoms with E-state index in [9.17, 15) is 4.79 Å². The maximum Gasteiger partial charge on any atom is 0.370 e. The van der Waals surface area contributed by atoms with E-state index in [0.29, 0.717) is 6.61 Å². The molecule has 0 aliphatic heterocycles. The van der Waals surface area contributed by atoms with Gasteiger partial charge in [0.1, 0.15) is 0 Å². The molecule has 0 bridgehead atoms. The number of carbonyl (C=O) groups is 1. The molecule has 0 aromatic heterocycles. The zero-order valence-corrected chi connectivity index (χ0v) is 17.0. The van der Waals surface area contributed by atoms with E-state index < -0.39 is 5.97 Å². The normalized spacial score (nSPS) is 13.2. The highest BCUT2D eigenvalue weighted by Gasteiger charge is 2.05. The summed E-state index contributed by atoms with van der Waals surface area (Å²) in [6.07, 6.45) is 31.1. The van der Waals surface area contributed by atoms with Gasteiger partial charge >= 0.3 is 5.97 Å². The van der Waals surface area contributed by atoms with Crippen molar-refractivity contribution in [2.24, 2.45) is 0 Å². The Bertz CT molecular complexity index is 534. The number of carboxylic acids is 1. The second-order valence-corrected chi connectivity index (χ2v) is 5.95. The van der Waals surface area contributed by atoms with Crippen LogP contribution in [0.15, 0.2) is 72.6 Å². The summed E-state index contributed by atoms with van der Waals surface area (Å²) in [6, 6.07) is 0. The van der Waals surface area contributed by atoms with Gasteiger partial charge in [-0.15, -0.1) is 0 Å². The van der Waals surface area contributed by atoms with E-state index >= 15 is 0 Å². The van der Waals surface area contributed by atoms with Crippen molar-refractivity contribution in [3.8, 4) is 0 Å². The van der Waals surface area contributed by atoms with Crippen molar-refractivity contribution in [2.75, 3.05) is 6.61 Å². The van der Waals surface area contributed by atoms with Crippen LogP contribution in [-0.2, 0) is 9.53 Å². The van der Waals surface area contributed by atoms with Gasteiger partial charge in [-0.2, -0.15) is 0 Å². The summed E-state index contributed by atoms with van der Waals surface area (Å²) >= 11 is 0. The van der Waals surface area contributed by atoms with Crippen molar-refractivity contribution < 1.29 is 14.6 Å². The van der Waals surface area contributed by atoms with Crippen LogP contribution < -0.4 is 0 Å². The van der Waals surface area contributed by atoms with Crippen LogP contribution in [0.3, 0.4) is 0 Å². The van der Waals surface area contributed by atoms with Crippen LogP contribution in [0, 0.1) is 0 Å². The lowest BCUT2D eigenvalue weighted by atomic mass is 10.2. The zero-order valence-electron chi connectivity index (χ0n) is 17.0. The van der Waals surface area contributed by atoms with Crippen LogP contribution in [0.1, 0.15) is 65.2 Å². The Morgan fingerprint density at radius 2 is 1.22 bits per heavy atom. The largest absolute Gasteiger partial charge is 0.487 e. The Morgan fingerprint density at radius 3 is 1.67 bits per heavy atom. The lowest BCUT2D eigenvalue weighted by molar-refractivity contribution is -0.136.